The van der Waals surface area contributed by atoms with Crippen molar-refractivity contribution >= 4 is 39.1 Å². The van der Waals surface area contributed by atoms with E-state index in [0.717, 1.165) is 10.1 Å². The van der Waals surface area contributed by atoms with E-state index in [4.69, 9.17) is 16.0 Å². The van der Waals surface area contributed by atoms with E-state index in [1.165, 1.54) is 22.2 Å². The molecule has 4 rings (SSSR count). The van der Waals surface area contributed by atoms with Gasteiger partial charge in [0.2, 0.25) is 5.91 Å². The molecule has 0 unspecified atom stereocenters. The van der Waals surface area contributed by atoms with Gasteiger partial charge in [0.05, 0.1) is 24.9 Å². The highest BCUT2D eigenvalue weighted by Crippen LogP contribution is 2.17. The van der Waals surface area contributed by atoms with Gasteiger partial charge < -0.3 is 9.73 Å². The van der Waals surface area contributed by atoms with Crippen molar-refractivity contribution in [2.24, 2.45) is 0 Å². The van der Waals surface area contributed by atoms with Gasteiger partial charge in [-0.3, -0.25) is 14.2 Å². The average Bonchev–Trinajstić information content (AvgIpc) is 3.40. The van der Waals surface area contributed by atoms with Crippen LogP contribution < -0.4 is 16.6 Å². The first-order valence-corrected chi connectivity index (χ1v) is 10.0. The third-order valence-electron chi connectivity index (χ3n) is 4.43. The summed E-state index contributed by atoms with van der Waals surface area (Å²) in [6.07, 6.45) is 1.51. The lowest BCUT2D eigenvalue weighted by Crippen LogP contribution is -2.43. The molecule has 1 aromatic carbocycles. The topological polar surface area (TPSA) is 86.2 Å². The molecule has 0 aliphatic carbocycles. The molecule has 0 atom stereocenters. The summed E-state index contributed by atoms with van der Waals surface area (Å²) in [7, 11) is 0. The van der Waals surface area contributed by atoms with E-state index in [-0.39, 0.29) is 19.6 Å². The highest BCUT2D eigenvalue weighted by molar-refractivity contribution is 7.17. The Hall–Kier alpha value is -3.10. The van der Waals surface area contributed by atoms with Crippen LogP contribution in [0.3, 0.4) is 0 Å². The van der Waals surface area contributed by atoms with Crippen LogP contribution in [0.15, 0.2) is 68.1 Å². The number of nitrogens with zero attached hydrogens (tertiary/aromatic N) is 2. The molecule has 1 amide bonds. The zero-order valence-electron chi connectivity index (χ0n) is 15.1. The Morgan fingerprint density at radius 1 is 1.10 bits per heavy atom. The zero-order valence-corrected chi connectivity index (χ0v) is 16.7. The van der Waals surface area contributed by atoms with Crippen molar-refractivity contribution in [1.29, 1.82) is 0 Å². The van der Waals surface area contributed by atoms with Crippen LogP contribution in [-0.4, -0.2) is 15.0 Å². The molecule has 3 aromatic heterocycles. The fraction of sp³-hybridized carbons (Fsp3) is 0.150. The van der Waals surface area contributed by atoms with Crippen LogP contribution in [0.1, 0.15) is 11.3 Å². The number of nitrogens with one attached hydrogen (secondary N) is 1. The van der Waals surface area contributed by atoms with Crippen molar-refractivity contribution in [3.8, 4) is 0 Å². The van der Waals surface area contributed by atoms with Gasteiger partial charge in [0, 0.05) is 5.02 Å². The molecule has 0 aliphatic heterocycles. The van der Waals surface area contributed by atoms with Crippen LogP contribution in [-0.2, 0) is 24.4 Å². The number of carbonyl (C=O) groups is 1. The summed E-state index contributed by atoms with van der Waals surface area (Å²) in [5.74, 6) is 0.133. The third-order valence-corrected chi connectivity index (χ3v) is 5.58. The first-order chi connectivity index (χ1) is 14.0. The number of carbonyl (C=O) groups excluding carboxylic acids is 1. The zero-order chi connectivity index (χ0) is 20.4. The molecule has 0 fully saturated rings. The third kappa shape index (κ3) is 4.03. The molecule has 7 nitrogen and oxygen atoms in total. The number of thiophene rings is 1. The fourth-order valence-electron chi connectivity index (χ4n) is 3.00. The van der Waals surface area contributed by atoms with Crippen LogP contribution in [0.2, 0.25) is 5.02 Å². The molecule has 0 aliphatic rings. The molecule has 9 heteroatoms. The maximum absolute atomic E-state index is 13.0. The second-order valence-corrected chi connectivity index (χ2v) is 7.73. The minimum atomic E-state index is -0.538. The Labute approximate surface area is 173 Å². The van der Waals surface area contributed by atoms with Crippen LogP contribution in [0.25, 0.3) is 10.2 Å². The number of amides is 1. The summed E-state index contributed by atoms with van der Waals surface area (Å²) >= 11 is 7.17. The smallest absolute Gasteiger partial charge is 0.332 e. The van der Waals surface area contributed by atoms with E-state index >= 15 is 0 Å². The van der Waals surface area contributed by atoms with E-state index in [2.05, 4.69) is 5.32 Å². The Morgan fingerprint density at radius 2 is 1.90 bits per heavy atom. The summed E-state index contributed by atoms with van der Waals surface area (Å²) < 4.78 is 8.05. The van der Waals surface area contributed by atoms with E-state index in [1.807, 2.05) is 12.1 Å². The lowest BCUT2D eigenvalue weighted by molar-refractivity contribution is -0.122. The molecule has 0 bridgehead atoms. The molecule has 0 radical (unpaired) electrons. The maximum Gasteiger partial charge on any atom is 0.332 e. The van der Waals surface area contributed by atoms with Crippen molar-refractivity contribution < 1.29 is 9.21 Å². The highest BCUT2D eigenvalue weighted by atomic mass is 35.5. The molecular formula is C20H16ClN3O4S. The molecule has 0 saturated carbocycles. The lowest BCUT2D eigenvalue weighted by Gasteiger charge is -2.12. The van der Waals surface area contributed by atoms with Gasteiger partial charge in [0.15, 0.2) is 0 Å². The Balaban J connectivity index is 1.66. The van der Waals surface area contributed by atoms with Gasteiger partial charge in [-0.15, -0.1) is 11.3 Å². The first-order valence-electron chi connectivity index (χ1n) is 8.77. The van der Waals surface area contributed by atoms with E-state index in [9.17, 15) is 14.4 Å². The van der Waals surface area contributed by atoms with Crippen molar-refractivity contribution in [1.82, 2.24) is 14.5 Å². The number of halogens is 1. The molecule has 3 heterocycles. The van der Waals surface area contributed by atoms with Gasteiger partial charge in [0.25, 0.3) is 5.56 Å². The largest absolute Gasteiger partial charge is 0.467 e. The van der Waals surface area contributed by atoms with Crippen LogP contribution in [0.5, 0.6) is 0 Å². The van der Waals surface area contributed by atoms with Gasteiger partial charge in [-0.1, -0.05) is 23.7 Å². The predicted molar refractivity (Wildman–Crippen MR) is 111 cm³/mol. The van der Waals surface area contributed by atoms with Gasteiger partial charge >= 0.3 is 5.69 Å². The van der Waals surface area contributed by atoms with Crippen LogP contribution >= 0.6 is 22.9 Å². The Kier molecular flexibility index (Phi) is 5.37. The normalized spacial score (nSPS) is 11.1. The Morgan fingerprint density at radius 3 is 2.62 bits per heavy atom. The van der Waals surface area contributed by atoms with E-state index in [0.29, 0.717) is 21.0 Å². The van der Waals surface area contributed by atoms with Crippen LogP contribution in [0.4, 0.5) is 0 Å². The summed E-state index contributed by atoms with van der Waals surface area (Å²) in [5, 5.41) is 5.01. The van der Waals surface area contributed by atoms with Gasteiger partial charge in [-0.2, -0.15) is 0 Å². The Bertz CT molecular complexity index is 1270. The molecule has 148 valence electrons. The second-order valence-electron chi connectivity index (χ2n) is 6.38. The minimum Gasteiger partial charge on any atom is -0.467 e. The molecular weight excluding hydrogens is 414 g/mol. The molecule has 1 N–H and O–H groups in total. The molecule has 4 aromatic rings. The van der Waals surface area contributed by atoms with Crippen molar-refractivity contribution in [3.63, 3.8) is 0 Å². The van der Waals surface area contributed by atoms with Crippen molar-refractivity contribution in [2.75, 3.05) is 0 Å². The SMILES string of the molecule is O=C(Cn1c(=O)c2sccc2n(Cc2ccc(Cl)cc2)c1=O)NCc1ccco1. The summed E-state index contributed by atoms with van der Waals surface area (Å²) in [5.41, 5.74) is 0.396. The summed E-state index contributed by atoms with van der Waals surface area (Å²) in [4.78, 5) is 38.1. The van der Waals surface area contributed by atoms with E-state index in [1.54, 1.807) is 35.7 Å². The average molecular weight is 430 g/mol. The fourth-order valence-corrected chi connectivity index (χ4v) is 3.97. The van der Waals surface area contributed by atoms with Crippen LogP contribution in [0, 0.1) is 0 Å². The lowest BCUT2D eigenvalue weighted by atomic mass is 10.2. The number of hydrogen-bond acceptors (Lipinski definition) is 5. The number of hydrogen-bond donors (Lipinski definition) is 1. The number of furan rings is 1. The van der Waals surface area contributed by atoms with Gasteiger partial charge in [-0.05, 0) is 41.3 Å². The predicted octanol–water partition coefficient (Wildman–Crippen LogP) is 2.84. The first kappa shape index (κ1) is 19.2. The standard InChI is InChI=1S/C20H16ClN3O4S/c21-14-5-3-13(4-6-14)11-23-16-7-9-29-18(16)19(26)24(20(23)27)12-17(25)22-10-15-2-1-8-28-15/h1-9H,10-12H2,(H,22,25). The highest BCUT2D eigenvalue weighted by Gasteiger charge is 2.17. The maximum atomic E-state index is 13.0. The van der Waals surface area contributed by atoms with Crippen molar-refractivity contribution in [3.05, 3.63) is 91.3 Å². The minimum absolute atomic E-state index is 0.181. The van der Waals surface area contributed by atoms with Crippen molar-refractivity contribution in [2.45, 2.75) is 19.6 Å². The number of aromatic nitrogens is 2. The quantitative estimate of drug-likeness (QED) is 0.510. The summed E-state index contributed by atoms with van der Waals surface area (Å²) in [6.45, 7) is 0.0746. The molecule has 0 spiro atoms. The van der Waals surface area contributed by atoms with Gasteiger partial charge in [0.1, 0.15) is 17.0 Å². The number of rotatable bonds is 6. The van der Waals surface area contributed by atoms with E-state index < -0.39 is 17.2 Å². The number of benzene rings is 1. The second kappa shape index (κ2) is 8.10. The molecule has 0 saturated heterocycles. The monoisotopic (exact) mass is 429 g/mol. The van der Waals surface area contributed by atoms with Gasteiger partial charge in [-0.25, -0.2) is 9.36 Å². The summed E-state index contributed by atoms with van der Waals surface area (Å²) in [6, 6.07) is 12.3. The molecule has 29 heavy (non-hydrogen) atoms. The number of fused-ring (bicyclic) bond motifs is 1.